The second-order valence-corrected chi connectivity index (χ2v) is 3.71. The molecule has 0 saturated heterocycles. The van der Waals surface area contributed by atoms with E-state index < -0.39 is 17.6 Å². The van der Waals surface area contributed by atoms with Gasteiger partial charge in [0.05, 0.1) is 12.0 Å². The van der Waals surface area contributed by atoms with Gasteiger partial charge in [-0.2, -0.15) is 0 Å². The van der Waals surface area contributed by atoms with Crippen molar-refractivity contribution in [2.45, 2.75) is 13.0 Å². The van der Waals surface area contributed by atoms with E-state index >= 15 is 0 Å². The summed E-state index contributed by atoms with van der Waals surface area (Å²) in [7, 11) is 0. The molecule has 0 aliphatic carbocycles. The molecule has 0 unspecified atom stereocenters. The van der Waals surface area contributed by atoms with Gasteiger partial charge < -0.3 is 9.67 Å². The van der Waals surface area contributed by atoms with E-state index in [0.29, 0.717) is 0 Å². The van der Waals surface area contributed by atoms with E-state index in [0.717, 1.165) is 12.1 Å². The second-order valence-electron chi connectivity index (χ2n) is 3.71. The molecule has 6 heteroatoms. The number of rotatable bonds is 4. The molecule has 94 valence electrons. The van der Waals surface area contributed by atoms with Crippen LogP contribution in [0.1, 0.15) is 6.42 Å². The van der Waals surface area contributed by atoms with E-state index in [2.05, 4.69) is 4.98 Å². The number of aromatic nitrogens is 2. The molecule has 2 rings (SSSR count). The third-order valence-electron chi connectivity index (χ3n) is 2.45. The van der Waals surface area contributed by atoms with Crippen LogP contribution >= 0.6 is 0 Å². The second kappa shape index (κ2) is 4.95. The van der Waals surface area contributed by atoms with Crippen molar-refractivity contribution in [1.82, 2.24) is 9.55 Å². The Bertz CT molecular complexity index is 581. The zero-order valence-electron chi connectivity index (χ0n) is 9.31. The minimum absolute atomic E-state index is 0.0911. The molecule has 0 aliphatic rings. The monoisotopic (exact) mass is 252 g/mol. The first-order chi connectivity index (χ1) is 8.58. The van der Waals surface area contributed by atoms with Crippen LogP contribution in [0, 0.1) is 11.6 Å². The molecule has 2 aromatic rings. The minimum Gasteiger partial charge on any atom is -0.481 e. The highest BCUT2D eigenvalue weighted by Gasteiger charge is 2.12. The first kappa shape index (κ1) is 12.2. The van der Waals surface area contributed by atoms with Gasteiger partial charge in [-0.15, -0.1) is 0 Å². The van der Waals surface area contributed by atoms with Crippen molar-refractivity contribution in [1.29, 1.82) is 0 Å². The lowest BCUT2D eigenvalue weighted by Crippen LogP contribution is -2.05. The summed E-state index contributed by atoms with van der Waals surface area (Å²) in [4.78, 5) is 14.5. The number of carboxylic acid groups (broad SMARTS) is 1. The molecule has 1 heterocycles. The van der Waals surface area contributed by atoms with Gasteiger partial charge in [0.2, 0.25) is 0 Å². The minimum atomic E-state index is -0.950. The normalized spacial score (nSPS) is 10.6. The van der Waals surface area contributed by atoms with Crippen LogP contribution in [0.5, 0.6) is 0 Å². The van der Waals surface area contributed by atoms with Gasteiger partial charge in [-0.25, -0.2) is 13.8 Å². The Morgan fingerprint density at radius 2 is 2.17 bits per heavy atom. The summed E-state index contributed by atoms with van der Waals surface area (Å²) in [5.41, 5.74) is 0.145. The van der Waals surface area contributed by atoms with Gasteiger partial charge >= 0.3 is 5.97 Å². The molecular formula is C12H10F2N2O2. The van der Waals surface area contributed by atoms with Gasteiger partial charge in [0.1, 0.15) is 17.5 Å². The summed E-state index contributed by atoms with van der Waals surface area (Å²) >= 11 is 0. The Hall–Kier alpha value is -2.24. The predicted molar refractivity (Wildman–Crippen MR) is 59.8 cm³/mol. The number of hydrogen-bond donors (Lipinski definition) is 1. The number of imidazole rings is 1. The first-order valence-corrected chi connectivity index (χ1v) is 5.26. The van der Waals surface area contributed by atoms with Crippen LogP contribution in [0.15, 0.2) is 30.6 Å². The van der Waals surface area contributed by atoms with Crippen molar-refractivity contribution >= 4 is 5.97 Å². The number of nitrogens with zero attached hydrogens (tertiary/aromatic N) is 2. The van der Waals surface area contributed by atoms with Crippen LogP contribution in [-0.2, 0) is 11.3 Å². The SMILES string of the molecule is O=C(O)CCn1ccnc1-c1ccc(F)cc1F. The number of aryl methyl sites for hydroxylation is 1. The predicted octanol–water partition coefficient (Wildman–Crippen LogP) is 2.30. The summed E-state index contributed by atoms with van der Waals surface area (Å²) in [6.45, 7) is 0.182. The average molecular weight is 252 g/mol. The van der Waals surface area contributed by atoms with Crippen molar-refractivity contribution in [2.24, 2.45) is 0 Å². The quantitative estimate of drug-likeness (QED) is 0.908. The lowest BCUT2D eigenvalue weighted by Gasteiger charge is -2.07. The molecular weight excluding hydrogens is 242 g/mol. The molecule has 1 aromatic heterocycles. The molecule has 0 amide bonds. The van der Waals surface area contributed by atoms with Crippen molar-refractivity contribution in [3.8, 4) is 11.4 Å². The zero-order valence-corrected chi connectivity index (χ0v) is 9.31. The van der Waals surface area contributed by atoms with Gasteiger partial charge in [-0.1, -0.05) is 0 Å². The highest BCUT2D eigenvalue weighted by molar-refractivity contribution is 5.66. The zero-order chi connectivity index (χ0) is 13.1. The molecule has 1 aromatic carbocycles. The van der Waals surface area contributed by atoms with E-state index in [9.17, 15) is 13.6 Å². The van der Waals surface area contributed by atoms with Gasteiger partial charge in [0.15, 0.2) is 0 Å². The molecule has 1 N–H and O–H groups in total. The highest BCUT2D eigenvalue weighted by Crippen LogP contribution is 2.22. The third kappa shape index (κ3) is 2.53. The summed E-state index contributed by atoms with van der Waals surface area (Å²) in [6, 6.07) is 3.18. The van der Waals surface area contributed by atoms with Gasteiger partial charge in [-0.3, -0.25) is 4.79 Å². The van der Waals surface area contributed by atoms with Gasteiger partial charge in [0, 0.05) is 25.0 Å². The van der Waals surface area contributed by atoms with Crippen molar-refractivity contribution < 1.29 is 18.7 Å². The van der Waals surface area contributed by atoms with E-state index in [1.807, 2.05) is 0 Å². The maximum atomic E-state index is 13.6. The van der Waals surface area contributed by atoms with Crippen LogP contribution in [0.25, 0.3) is 11.4 Å². The number of hydrogen-bond acceptors (Lipinski definition) is 2. The number of carbonyl (C=O) groups is 1. The van der Waals surface area contributed by atoms with Crippen molar-refractivity contribution in [2.75, 3.05) is 0 Å². The molecule has 0 aliphatic heterocycles. The summed E-state index contributed by atoms with van der Waals surface area (Å²) < 4.78 is 27.9. The van der Waals surface area contributed by atoms with E-state index in [1.165, 1.54) is 16.8 Å². The molecule has 0 saturated carbocycles. The summed E-state index contributed by atoms with van der Waals surface area (Å²) in [6.07, 6.45) is 2.91. The van der Waals surface area contributed by atoms with Crippen LogP contribution in [0.3, 0.4) is 0 Å². The Labute approximate surface area is 102 Å². The van der Waals surface area contributed by atoms with E-state index in [-0.39, 0.29) is 24.4 Å². The van der Waals surface area contributed by atoms with Crippen LogP contribution in [0.2, 0.25) is 0 Å². The summed E-state index contributed by atoms with van der Waals surface area (Å²) in [5, 5.41) is 8.61. The number of benzene rings is 1. The van der Waals surface area contributed by atoms with E-state index in [4.69, 9.17) is 5.11 Å². The van der Waals surface area contributed by atoms with Crippen LogP contribution in [-0.4, -0.2) is 20.6 Å². The van der Waals surface area contributed by atoms with Crippen LogP contribution in [0.4, 0.5) is 8.78 Å². The molecule has 0 radical (unpaired) electrons. The standard InChI is InChI=1S/C12H10F2N2O2/c13-8-1-2-9(10(14)7-8)12-15-4-6-16(12)5-3-11(17)18/h1-2,4,6-7H,3,5H2,(H,17,18). The largest absolute Gasteiger partial charge is 0.481 e. The Kier molecular flexibility index (Phi) is 3.36. The molecule has 4 nitrogen and oxygen atoms in total. The van der Waals surface area contributed by atoms with Crippen LogP contribution < -0.4 is 0 Å². The lowest BCUT2D eigenvalue weighted by atomic mass is 10.2. The van der Waals surface area contributed by atoms with Crippen molar-refractivity contribution in [3.63, 3.8) is 0 Å². The highest BCUT2D eigenvalue weighted by atomic mass is 19.1. The Morgan fingerprint density at radius 1 is 1.39 bits per heavy atom. The fraction of sp³-hybridized carbons (Fsp3) is 0.167. The Balaban J connectivity index is 2.33. The van der Waals surface area contributed by atoms with Gasteiger partial charge in [0.25, 0.3) is 0 Å². The number of aliphatic carboxylic acids is 1. The number of carboxylic acids is 1. The van der Waals surface area contributed by atoms with Crippen molar-refractivity contribution in [3.05, 3.63) is 42.2 Å². The van der Waals surface area contributed by atoms with Gasteiger partial charge in [-0.05, 0) is 12.1 Å². The topological polar surface area (TPSA) is 55.1 Å². The fourth-order valence-electron chi connectivity index (χ4n) is 1.62. The summed E-state index contributed by atoms with van der Waals surface area (Å²) in [5.74, 6) is -2.05. The molecule has 18 heavy (non-hydrogen) atoms. The molecule has 0 bridgehead atoms. The molecule has 0 spiro atoms. The van der Waals surface area contributed by atoms with E-state index in [1.54, 1.807) is 6.20 Å². The smallest absolute Gasteiger partial charge is 0.305 e. The Morgan fingerprint density at radius 3 is 2.83 bits per heavy atom. The average Bonchev–Trinajstić information content (AvgIpc) is 2.74. The maximum absolute atomic E-state index is 13.6. The number of halogens is 2. The third-order valence-corrected chi connectivity index (χ3v) is 2.45. The maximum Gasteiger partial charge on any atom is 0.305 e. The fourth-order valence-corrected chi connectivity index (χ4v) is 1.62. The lowest BCUT2D eigenvalue weighted by molar-refractivity contribution is -0.137. The first-order valence-electron chi connectivity index (χ1n) is 5.26. The molecule has 0 fully saturated rings. The molecule has 0 atom stereocenters.